The van der Waals surface area contributed by atoms with Gasteiger partial charge in [0, 0.05) is 48.3 Å². The maximum atomic E-state index is 12.1. The van der Waals surface area contributed by atoms with Crippen LogP contribution >= 0.6 is 0 Å². The summed E-state index contributed by atoms with van der Waals surface area (Å²) >= 11 is 0. The molecule has 0 bridgehead atoms. The van der Waals surface area contributed by atoms with Gasteiger partial charge in [-0.15, -0.1) is 0 Å². The molecule has 0 saturated carbocycles. The summed E-state index contributed by atoms with van der Waals surface area (Å²) in [6.07, 6.45) is -1.12. The third-order valence-electron chi connectivity index (χ3n) is 5.72. The van der Waals surface area contributed by atoms with E-state index in [-0.39, 0.29) is 30.0 Å². The van der Waals surface area contributed by atoms with Gasteiger partial charge in [-0.3, -0.25) is 0 Å². The first-order valence-corrected chi connectivity index (χ1v) is 16.9. The van der Waals surface area contributed by atoms with Crippen molar-refractivity contribution < 1.29 is 35.9 Å². The molecule has 43 heavy (non-hydrogen) atoms. The van der Waals surface area contributed by atoms with Crippen molar-refractivity contribution in [2.24, 2.45) is 10.8 Å². The van der Waals surface area contributed by atoms with Gasteiger partial charge in [-0.1, -0.05) is 41.5 Å². The zero-order valence-electron chi connectivity index (χ0n) is 29.5. The number of amides is 2. The predicted molar refractivity (Wildman–Crippen MR) is 171 cm³/mol. The van der Waals surface area contributed by atoms with E-state index in [0.717, 1.165) is 8.61 Å². The summed E-state index contributed by atoms with van der Waals surface area (Å²) in [7, 11) is 0.252. The summed E-state index contributed by atoms with van der Waals surface area (Å²) in [6.45, 7) is 22.4. The molecule has 0 fully saturated rings. The Balaban J connectivity index is 0. The van der Waals surface area contributed by atoms with E-state index in [1.54, 1.807) is 41.5 Å². The summed E-state index contributed by atoms with van der Waals surface area (Å²) in [4.78, 5) is 23.8. The van der Waals surface area contributed by atoms with Gasteiger partial charge in [0.05, 0.1) is 12.1 Å². The minimum atomic E-state index is -3.53. The number of likely N-dealkylation sites (N-methyl/N-ethyl adjacent to an activating group) is 1. The lowest BCUT2D eigenvalue weighted by atomic mass is 9.87. The van der Waals surface area contributed by atoms with Crippen molar-refractivity contribution in [1.29, 1.82) is 0 Å². The second kappa shape index (κ2) is 16.0. The minimum absolute atomic E-state index is 0.0866. The molecule has 0 aromatic rings. The molecule has 258 valence electrons. The first-order chi connectivity index (χ1) is 18.7. The van der Waals surface area contributed by atoms with Crippen LogP contribution in [0, 0.1) is 10.8 Å². The van der Waals surface area contributed by atoms with Crippen LogP contribution in [0.3, 0.4) is 0 Å². The first-order valence-electron chi connectivity index (χ1n) is 14.0. The Morgan fingerprint density at radius 2 is 0.977 bits per heavy atom. The van der Waals surface area contributed by atoms with E-state index >= 15 is 0 Å². The van der Waals surface area contributed by atoms with Crippen LogP contribution in [-0.4, -0.2) is 114 Å². The Morgan fingerprint density at radius 3 is 1.26 bits per heavy atom. The van der Waals surface area contributed by atoms with E-state index < -0.39 is 49.8 Å². The molecule has 0 heterocycles. The van der Waals surface area contributed by atoms with Crippen LogP contribution in [0.5, 0.6) is 0 Å². The van der Waals surface area contributed by atoms with Crippen LogP contribution in [0.1, 0.15) is 83.1 Å². The lowest BCUT2D eigenvalue weighted by molar-refractivity contribution is 0.0449. The van der Waals surface area contributed by atoms with Gasteiger partial charge in [0.25, 0.3) is 20.4 Å². The fourth-order valence-electron chi connectivity index (χ4n) is 2.96. The van der Waals surface area contributed by atoms with Gasteiger partial charge in [0.15, 0.2) is 0 Å². The van der Waals surface area contributed by atoms with Crippen molar-refractivity contribution in [2.45, 2.75) is 106 Å². The average molecular weight is 661 g/mol. The predicted octanol–water partition coefficient (Wildman–Crippen LogP) is 2.99. The number of rotatable bonds is 10. The van der Waals surface area contributed by atoms with Crippen LogP contribution in [0.2, 0.25) is 0 Å². The Bertz CT molecular complexity index is 1100. The molecule has 16 heteroatoms. The van der Waals surface area contributed by atoms with E-state index in [1.165, 1.54) is 39.5 Å². The Kier molecular flexibility index (Phi) is 16.2. The largest absolute Gasteiger partial charge is 0.444 e. The Hall–Kier alpha value is -1.72. The number of alkyl carbamates (subject to hydrolysis) is 2. The van der Waals surface area contributed by atoms with Crippen LogP contribution in [-0.2, 0) is 29.9 Å². The maximum absolute atomic E-state index is 12.1. The summed E-state index contributed by atoms with van der Waals surface area (Å²) in [5, 5.41) is 5.49. The van der Waals surface area contributed by atoms with Crippen molar-refractivity contribution in [1.82, 2.24) is 28.3 Å². The summed E-state index contributed by atoms with van der Waals surface area (Å²) in [6, 6.07) is -0.788. The van der Waals surface area contributed by atoms with Crippen LogP contribution in [0.15, 0.2) is 0 Å². The molecule has 0 aromatic heterocycles. The van der Waals surface area contributed by atoms with E-state index in [0.29, 0.717) is 0 Å². The maximum Gasteiger partial charge on any atom is 0.407 e. The van der Waals surface area contributed by atoms with E-state index in [2.05, 4.69) is 15.4 Å². The molecule has 0 radical (unpaired) electrons. The molecule has 2 atom stereocenters. The summed E-state index contributed by atoms with van der Waals surface area (Å²) < 4.78 is 64.1. The van der Waals surface area contributed by atoms with E-state index in [1.807, 2.05) is 41.5 Å². The highest BCUT2D eigenvalue weighted by Crippen LogP contribution is 2.22. The molecule has 0 aliphatic heterocycles. The van der Waals surface area contributed by atoms with Gasteiger partial charge in [-0.2, -0.15) is 29.8 Å². The number of ether oxygens (including phenoxy) is 2. The lowest BCUT2D eigenvalue weighted by Gasteiger charge is -2.35. The van der Waals surface area contributed by atoms with Gasteiger partial charge >= 0.3 is 12.2 Å². The van der Waals surface area contributed by atoms with E-state index in [4.69, 9.17) is 9.47 Å². The zero-order chi connectivity index (χ0) is 35.0. The van der Waals surface area contributed by atoms with Crippen molar-refractivity contribution >= 4 is 32.6 Å². The SMILES string of the molecule is CN(C)S(=O)(=O)N(C)C[C@@H](NC(=O)OC(C)(C)C)C(C)(C)C.CN(C)S(=O)(=O)NC[C@@H](NC(=O)OC(C)(C)C)C(C)(C)C. The molecule has 0 aliphatic carbocycles. The molecule has 14 nitrogen and oxygen atoms in total. The summed E-state index contributed by atoms with van der Waals surface area (Å²) in [5.41, 5.74) is -1.86. The fraction of sp³-hybridized carbons (Fsp3) is 0.926. The quantitative estimate of drug-likeness (QED) is 0.322. The van der Waals surface area contributed by atoms with Crippen LogP contribution < -0.4 is 15.4 Å². The molecule has 0 unspecified atom stereocenters. The number of carbonyl (C=O) groups is 2. The average Bonchev–Trinajstić information content (AvgIpc) is 2.72. The van der Waals surface area contributed by atoms with Gasteiger partial charge in [0.1, 0.15) is 11.2 Å². The standard InChI is InChI=1S/C14H31N3O4S.C13H29N3O4S/c1-13(2,3)11(15-12(18)21-14(4,5)6)10-17(9)22(19,20)16(7)8;1-12(2,3)10(9-14-21(18,19)16(7)8)15-11(17)20-13(4,5)6/h11H,10H2,1-9H3,(H,15,18);10,14H,9H2,1-8H3,(H,15,17)/t11-;10-/m11/s1. The first kappa shape index (κ1) is 43.4. The minimum Gasteiger partial charge on any atom is -0.444 e. The van der Waals surface area contributed by atoms with Crippen molar-refractivity contribution in [3.8, 4) is 0 Å². The van der Waals surface area contributed by atoms with Crippen molar-refractivity contribution in [3.05, 3.63) is 0 Å². The highest BCUT2D eigenvalue weighted by atomic mass is 32.2. The fourth-order valence-corrected chi connectivity index (χ4v) is 4.49. The topological polar surface area (TPSA) is 167 Å². The Morgan fingerprint density at radius 1 is 0.628 bits per heavy atom. The van der Waals surface area contributed by atoms with Crippen LogP contribution in [0.25, 0.3) is 0 Å². The molecule has 0 saturated heterocycles. The Labute approximate surface area is 262 Å². The molecule has 3 N–H and O–H groups in total. The third-order valence-corrected chi connectivity index (χ3v) is 9.07. The third kappa shape index (κ3) is 18.6. The van der Waals surface area contributed by atoms with Gasteiger partial charge < -0.3 is 20.1 Å². The van der Waals surface area contributed by atoms with Gasteiger partial charge in [0.2, 0.25) is 0 Å². The smallest absolute Gasteiger partial charge is 0.407 e. The molecule has 0 spiro atoms. The number of nitrogens with one attached hydrogen (secondary N) is 3. The lowest BCUT2D eigenvalue weighted by Crippen LogP contribution is -2.53. The number of carbonyl (C=O) groups excluding carboxylic acids is 2. The van der Waals surface area contributed by atoms with Crippen molar-refractivity contribution in [3.63, 3.8) is 0 Å². The van der Waals surface area contributed by atoms with E-state index in [9.17, 15) is 26.4 Å². The van der Waals surface area contributed by atoms with Crippen molar-refractivity contribution in [2.75, 3.05) is 48.3 Å². The molecular formula is C27H60N6O8S2. The van der Waals surface area contributed by atoms with Gasteiger partial charge in [-0.05, 0) is 52.4 Å². The van der Waals surface area contributed by atoms with Crippen LogP contribution in [0.4, 0.5) is 9.59 Å². The van der Waals surface area contributed by atoms with Gasteiger partial charge in [-0.25, -0.2) is 14.3 Å². The normalized spacial score (nSPS) is 15.0. The number of hydrogen-bond acceptors (Lipinski definition) is 8. The monoisotopic (exact) mass is 660 g/mol. The highest BCUT2D eigenvalue weighted by Gasteiger charge is 2.33. The number of nitrogens with zero attached hydrogens (tertiary/aromatic N) is 3. The second-order valence-corrected chi connectivity index (χ2v) is 19.1. The molecule has 0 aliphatic rings. The molecule has 2 amide bonds. The second-order valence-electron chi connectivity index (χ2n) is 14.8. The molecule has 0 rings (SSSR count). The molecular weight excluding hydrogens is 600 g/mol. The number of hydrogen-bond donors (Lipinski definition) is 3. The summed E-state index contributed by atoms with van der Waals surface area (Å²) in [5.74, 6) is 0. The zero-order valence-corrected chi connectivity index (χ0v) is 31.1. The molecule has 0 aromatic carbocycles. The highest BCUT2D eigenvalue weighted by molar-refractivity contribution is 7.87.